The van der Waals surface area contributed by atoms with Crippen molar-refractivity contribution >= 4 is 74.2 Å². The lowest BCUT2D eigenvalue weighted by molar-refractivity contribution is 0.0978. The van der Waals surface area contributed by atoms with Gasteiger partial charge < -0.3 is 14.5 Å². The number of carbonyl (C=O) groups is 1. The Morgan fingerprint density at radius 2 is 1.90 bits per heavy atom. The van der Waals surface area contributed by atoms with E-state index in [1.165, 1.54) is 0 Å². The second-order valence-corrected chi connectivity index (χ2v) is 8.52. The second-order valence-electron chi connectivity index (χ2n) is 6.46. The van der Waals surface area contributed by atoms with Crippen LogP contribution in [-0.2, 0) is 0 Å². The molecule has 0 bridgehead atoms. The molecule has 0 unspecified atom stereocenters. The van der Waals surface area contributed by atoms with Crippen LogP contribution in [0.15, 0.2) is 65.1 Å². The van der Waals surface area contributed by atoms with E-state index in [-0.39, 0.29) is 11.0 Å². The predicted octanol–water partition coefficient (Wildman–Crippen LogP) is 5.89. The number of benzene rings is 3. The molecular weight excluding hydrogens is 549 g/mol. The highest BCUT2D eigenvalue weighted by Gasteiger charge is 2.13. The minimum absolute atomic E-state index is 0.168. The second kappa shape index (κ2) is 9.21. The highest BCUT2D eigenvalue weighted by molar-refractivity contribution is 14.1. The maximum atomic E-state index is 12.4. The number of amides is 1. The summed E-state index contributed by atoms with van der Waals surface area (Å²) in [7, 11) is 1.61. The molecule has 0 aliphatic heterocycles. The molecule has 156 valence electrons. The molecule has 0 saturated heterocycles. The number of oxazole rings is 1. The van der Waals surface area contributed by atoms with Gasteiger partial charge in [0.2, 0.25) is 5.89 Å². The van der Waals surface area contributed by atoms with E-state index in [0.29, 0.717) is 33.5 Å². The molecule has 0 spiro atoms. The smallest absolute Gasteiger partial charge is 0.258 e. The van der Waals surface area contributed by atoms with E-state index >= 15 is 0 Å². The summed E-state index contributed by atoms with van der Waals surface area (Å²) in [5.74, 6) is 0.840. The van der Waals surface area contributed by atoms with Crippen LogP contribution in [0.3, 0.4) is 0 Å². The van der Waals surface area contributed by atoms with Crippen LogP contribution in [0.2, 0.25) is 5.02 Å². The Hall–Kier alpha value is -2.69. The SMILES string of the molecule is COc1ccc2oc(-c3ccc(NC(=S)NC(=O)c4cc(I)ccc4Cl)cc3)nc2c1. The molecule has 1 heterocycles. The zero-order chi connectivity index (χ0) is 22.0. The molecule has 9 heteroatoms. The number of anilines is 1. The van der Waals surface area contributed by atoms with E-state index < -0.39 is 0 Å². The summed E-state index contributed by atoms with van der Waals surface area (Å²) in [5.41, 5.74) is 3.27. The van der Waals surface area contributed by atoms with Gasteiger partial charge in [0.25, 0.3) is 5.91 Å². The summed E-state index contributed by atoms with van der Waals surface area (Å²) < 4.78 is 11.9. The fourth-order valence-corrected chi connectivity index (χ4v) is 3.76. The Morgan fingerprint density at radius 1 is 1.13 bits per heavy atom. The predicted molar refractivity (Wildman–Crippen MR) is 134 cm³/mol. The van der Waals surface area contributed by atoms with Gasteiger partial charge in [0.1, 0.15) is 11.3 Å². The van der Waals surface area contributed by atoms with Crippen LogP contribution in [-0.4, -0.2) is 23.1 Å². The van der Waals surface area contributed by atoms with Crippen LogP contribution in [0.4, 0.5) is 5.69 Å². The molecule has 0 saturated carbocycles. The van der Waals surface area contributed by atoms with Crippen LogP contribution >= 0.6 is 46.4 Å². The maximum absolute atomic E-state index is 12.4. The van der Waals surface area contributed by atoms with Gasteiger partial charge in [-0.15, -0.1) is 0 Å². The molecule has 0 fully saturated rings. The number of fused-ring (bicyclic) bond motifs is 1. The van der Waals surface area contributed by atoms with Crippen molar-refractivity contribution in [2.75, 3.05) is 12.4 Å². The summed E-state index contributed by atoms with van der Waals surface area (Å²) in [6.45, 7) is 0. The molecular formula is C22H15ClIN3O3S. The standard InChI is InChI=1S/C22H15ClIN3O3S/c1-29-15-7-9-19-18(11-15)26-21(30-19)12-2-5-14(6-3-12)25-22(31)27-20(28)16-10-13(24)4-8-17(16)23/h2-11H,1H3,(H2,25,27,28,31). The molecule has 4 aromatic rings. The van der Waals surface area contributed by atoms with Gasteiger partial charge in [0, 0.05) is 20.9 Å². The summed E-state index contributed by atoms with van der Waals surface area (Å²) in [5, 5.41) is 6.15. The lowest BCUT2D eigenvalue weighted by Crippen LogP contribution is -2.34. The first-order valence-electron chi connectivity index (χ1n) is 9.05. The number of methoxy groups -OCH3 is 1. The van der Waals surface area contributed by atoms with Crippen molar-refractivity contribution in [3.63, 3.8) is 0 Å². The quantitative estimate of drug-likeness (QED) is 0.238. The first-order chi connectivity index (χ1) is 14.9. The fraction of sp³-hybridized carbons (Fsp3) is 0.0455. The van der Waals surface area contributed by atoms with Crippen LogP contribution in [0, 0.1) is 3.57 Å². The van der Waals surface area contributed by atoms with Crippen molar-refractivity contribution in [2.24, 2.45) is 0 Å². The molecule has 1 amide bonds. The lowest BCUT2D eigenvalue weighted by atomic mass is 10.2. The Balaban J connectivity index is 1.44. The first-order valence-corrected chi connectivity index (χ1v) is 10.9. The highest BCUT2D eigenvalue weighted by atomic mass is 127. The summed E-state index contributed by atoms with van der Waals surface area (Å²) >= 11 is 13.5. The van der Waals surface area contributed by atoms with Crippen molar-refractivity contribution in [1.82, 2.24) is 10.3 Å². The number of hydrogen-bond donors (Lipinski definition) is 2. The van der Waals surface area contributed by atoms with E-state index in [0.717, 1.165) is 14.7 Å². The average molecular weight is 564 g/mol. The monoisotopic (exact) mass is 563 g/mol. The third kappa shape index (κ3) is 4.97. The van der Waals surface area contributed by atoms with Crippen LogP contribution in [0.25, 0.3) is 22.6 Å². The normalized spacial score (nSPS) is 10.7. The van der Waals surface area contributed by atoms with Gasteiger partial charge in [-0.1, -0.05) is 11.6 Å². The number of aromatic nitrogens is 1. The molecule has 0 radical (unpaired) electrons. The zero-order valence-electron chi connectivity index (χ0n) is 16.1. The molecule has 3 aromatic carbocycles. The topological polar surface area (TPSA) is 76.4 Å². The van der Waals surface area contributed by atoms with E-state index in [1.54, 1.807) is 19.2 Å². The Labute approximate surface area is 202 Å². The lowest BCUT2D eigenvalue weighted by Gasteiger charge is -2.11. The van der Waals surface area contributed by atoms with Crippen molar-refractivity contribution in [3.8, 4) is 17.2 Å². The van der Waals surface area contributed by atoms with Crippen LogP contribution in [0.5, 0.6) is 5.75 Å². The number of thiocarbonyl (C=S) groups is 1. The van der Waals surface area contributed by atoms with Gasteiger partial charge in [-0.2, -0.15) is 0 Å². The van der Waals surface area contributed by atoms with E-state index in [4.69, 9.17) is 33.0 Å². The number of ether oxygens (including phenoxy) is 1. The van der Waals surface area contributed by atoms with Crippen LogP contribution < -0.4 is 15.4 Å². The minimum Gasteiger partial charge on any atom is -0.497 e. The fourth-order valence-electron chi connectivity index (χ4n) is 2.86. The molecule has 0 atom stereocenters. The Kier molecular flexibility index (Phi) is 6.40. The Morgan fingerprint density at radius 3 is 2.65 bits per heavy atom. The number of carbonyl (C=O) groups excluding carboxylic acids is 1. The minimum atomic E-state index is -0.375. The molecule has 2 N–H and O–H groups in total. The number of halogens is 2. The van der Waals surface area contributed by atoms with Crippen molar-refractivity contribution in [2.45, 2.75) is 0 Å². The number of nitrogens with one attached hydrogen (secondary N) is 2. The van der Waals surface area contributed by atoms with Crippen LogP contribution in [0.1, 0.15) is 10.4 Å². The van der Waals surface area contributed by atoms with E-state index in [9.17, 15) is 4.79 Å². The average Bonchev–Trinajstić information content (AvgIpc) is 3.19. The number of hydrogen-bond acceptors (Lipinski definition) is 5. The molecule has 4 rings (SSSR count). The van der Waals surface area contributed by atoms with E-state index in [1.807, 2.05) is 48.5 Å². The molecule has 0 aliphatic carbocycles. The molecule has 1 aromatic heterocycles. The van der Waals surface area contributed by atoms with Gasteiger partial charge in [-0.05, 0) is 89.4 Å². The third-order valence-electron chi connectivity index (χ3n) is 4.38. The van der Waals surface area contributed by atoms with Crippen molar-refractivity contribution in [1.29, 1.82) is 0 Å². The Bertz CT molecular complexity index is 1290. The zero-order valence-corrected chi connectivity index (χ0v) is 19.8. The van der Waals surface area contributed by atoms with Gasteiger partial charge in [-0.25, -0.2) is 4.98 Å². The van der Waals surface area contributed by atoms with Crippen molar-refractivity contribution < 1.29 is 13.9 Å². The first kappa shape index (κ1) is 21.5. The number of rotatable bonds is 4. The van der Waals surface area contributed by atoms with Gasteiger partial charge in [0.15, 0.2) is 10.7 Å². The highest BCUT2D eigenvalue weighted by Crippen LogP contribution is 2.27. The van der Waals surface area contributed by atoms with E-state index in [2.05, 4.69) is 38.2 Å². The summed E-state index contributed by atoms with van der Waals surface area (Å²) in [6.07, 6.45) is 0. The number of nitrogens with zero attached hydrogens (tertiary/aromatic N) is 1. The summed E-state index contributed by atoms with van der Waals surface area (Å²) in [4.78, 5) is 16.9. The van der Waals surface area contributed by atoms with Gasteiger partial charge in [0.05, 0.1) is 17.7 Å². The molecule has 31 heavy (non-hydrogen) atoms. The molecule has 0 aliphatic rings. The largest absolute Gasteiger partial charge is 0.497 e. The van der Waals surface area contributed by atoms with Crippen molar-refractivity contribution in [3.05, 3.63) is 74.8 Å². The maximum Gasteiger partial charge on any atom is 0.258 e. The third-order valence-corrected chi connectivity index (χ3v) is 5.59. The summed E-state index contributed by atoms with van der Waals surface area (Å²) in [6, 6.07) is 18.0. The molecule has 6 nitrogen and oxygen atoms in total. The van der Waals surface area contributed by atoms with Gasteiger partial charge in [-0.3, -0.25) is 10.1 Å². The van der Waals surface area contributed by atoms with Gasteiger partial charge >= 0.3 is 0 Å².